The van der Waals surface area contributed by atoms with Crippen LogP contribution in [0.1, 0.15) is 32.3 Å². The van der Waals surface area contributed by atoms with E-state index < -0.39 is 11.7 Å². The largest absolute Gasteiger partial charge is 0.491 e. The van der Waals surface area contributed by atoms with Crippen LogP contribution in [0.15, 0.2) is 18.2 Å². The van der Waals surface area contributed by atoms with E-state index in [-0.39, 0.29) is 18.0 Å². The van der Waals surface area contributed by atoms with Gasteiger partial charge in [-0.2, -0.15) is 13.2 Å². The fourth-order valence-electron chi connectivity index (χ4n) is 1.55. The molecule has 1 aliphatic rings. The zero-order chi connectivity index (χ0) is 13.3. The highest BCUT2D eigenvalue weighted by Gasteiger charge is 2.36. The Morgan fingerprint density at radius 2 is 1.89 bits per heavy atom. The lowest BCUT2D eigenvalue weighted by molar-refractivity contribution is -0.139. The molecule has 1 fully saturated rings. The molecule has 1 saturated carbocycles. The molecule has 0 radical (unpaired) electrons. The van der Waals surface area contributed by atoms with Crippen molar-refractivity contribution < 1.29 is 22.6 Å². The summed E-state index contributed by atoms with van der Waals surface area (Å²) in [7, 11) is 0. The molecule has 0 atom stereocenters. The van der Waals surface area contributed by atoms with Crippen LogP contribution < -0.4 is 9.47 Å². The molecule has 0 bridgehead atoms. The molecular formula is C13H15F3O2. The maximum absolute atomic E-state index is 12.8. The van der Waals surface area contributed by atoms with E-state index in [4.69, 9.17) is 9.47 Å². The highest BCUT2D eigenvalue weighted by Crippen LogP contribution is 2.40. The van der Waals surface area contributed by atoms with E-state index in [1.807, 2.05) is 13.8 Å². The topological polar surface area (TPSA) is 18.5 Å². The van der Waals surface area contributed by atoms with Gasteiger partial charge in [0, 0.05) is 6.07 Å². The molecule has 1 aromatic rings. The van der Waals surface area contributed by atoms with Gasteiger partial charge in [0.05, 0.1) is 17.8 Å². The molecule has 1 aromatic carbocycles. The van der Waals surface area contributed by atoms with E-state index >= 15 is 0 Å². The first-order chi connectivity index (χ1) is 8.36. The zero-order valence-electron chi connectivity index (χ0n) is 10.3. The predicted molar refractivity (Wildman–Crippen MR) is 60.9 cm³/mol. The highest BCUT2D eigenvalue weighted by atomic mass is 19.4. The van der Waals surface area contributed by atoms with Gasteiger partial charge in [-0.1, -0.05) is 0 Å². The molecule has 0 heterocycles. The summed E-state index contributed by atoms with van der Waals surface area (Å²) in [5.74, 6) is 0.261. The van der Waals surface area contributed by atoms with Gasteiger partial charge in [0.25, 0.3) is 0 Å². The van der Waals surface area contributed by atoms with Crippen molar-refractivity contribution in [3.05, 3.63) is 23.8 Å². The molecule has 0 N–H and O–H groups in total. The summed E-state index contributed by atoms with van der Waals surface area (Å²) >= 11 is 0. The quantitative estimate of drug-likeness (QED) is 0.813. The van der Waals surface area contributed by atoms with Gasteiger partial charge in [-0.25, -0.2) is 0 Å². The summed E-state index contributed by atoms with van der Waals surface area (Å²) in [6.45, 7) is 3.64. The van der Waals surface area contributed by atoms with Crippen LogP contribution in [-0.4, -0.2) is 12.2 Å². The van der Waals surface area contributed by atoms with Crippen molar-refractivity contribution >= 4 is 0 Å². The first-order valence-electron chi connectivity index (χ1n) is 5.91. The van der Waals surface area contributed by atoms with Gasteiger partial charge >= 0.3 is 6.18 Å². The molecule has 2 rings (SSSR count). The number of benzene rings is 1. The van der Waals surface area contributed by atoms with Crippen LogP contribution in [0.2, 0.25) is 0 Å². The fraction of sp³-hybridized carbons (Fsp3) is 0.538. The average molecular weight is 260 g/mol. The molecule has 0 saturated heterocycles. The van der Waals surface area contributed by atoms with Crippen LogP contribution in [0.25, 0.3) is 0 Å². The number of hydrogen-bond donors (Lipinski definition) is 0. The van der Waals surface area contributed by atoms with Crippen LogP contribution in [0.4, 0.5) is 13.2 Å². The first kappa shape index (κ1) is 13.1. The van der Waals surface area contributed by atoms with Gasteiger partial charge in [0.2, 0.25) is 0 Å². The number of alkyl halides is 3. The van der Waals surface area contributed by atoms with Crippen LogP contribution in [0.3, 0.4) is 0 Å². The molecule has 18 heavy (non-hydrogen) atoms. The van der Waals surface area contributed by atoms with Crippen molar-refractivity contribution in [3.8, 4) is 11.5 Å². The Hall–Kier alpha value is -1.39. The van der Waals surface area contributed by atoms with Crippen molar-refractivity contribution in [3.63, 3.8) is 0 Å². The number of rotatable bonds is 4. The summed E-state index contributed by atoms with van der Waals surface area (Å²) < 4.78 is 49.1. The van der Waals surface area contributed by atoms with E-state index in [0.29, 0.717) is 5.75 Å². The standard InChI is InChI=1S/C13H15F3O2/c1-8(2)17-10-5-6-11(13(14,15)16)12(7-10)18-9-3-4-9/h5-9H,3-4H2,1-2H3. The molecule has 100 valence electrons. The van der Waals surface area contributed by atoms with Crippen molar-refractivity contribution in [2.75, 3.05) is 0 Å². The van der Waals surface area contributed by atoms with E-state index in [9.17, 15) is 13.2 Å². The summed E-state index contributed by atoms with van der Waals surface area (Å²) in [6.07, 6.45) is -2.95. The predicted octanol–water partition coefficient (Wildman–Crippen LogP) is 4.03. The Bertz CT molecular complexity index is 423. The first-order valence-corrected chi connectivity index (χ1v) is 5.91. The van der Waals surface area contributed by atoms with Crippen LogP contribution in [-0.2, 0) is 6.18 Å². The molecule has 0 amide bonds. The Morgan fingerprint density at radius 3 is 2.39 bits per heavy atom. The Morgan fingerprint density at radius 1 is 1.22 bits per heavy atom. The lowest BCUT2D eigenvalue weighted by Gasteiger charge is -2.16. The average Bonchev–Trinajstić information content (AvgIpc) is 2.98. The van der Waals surface area contributed by atoms with Gasteiger partial charge in [-0.15, -0.1) is 0 Å². The van der Waals surface area contributed by atoms with E-state index in [0.717, 1.165) is 18.9 Å². The van der Waals surface area contributed by atoms with Crippen molar-refractivity contribution in [2.24, 2.45) is 0 Å². The maximum Gasteiger partial charge on any atom is 0.419 e. The van der Waals surface area contributed by atoms with Gasteiger partial charge in [0.1, 0.15) is 11.5 Å². The summed E-state index contributed by atoms with van der Waals surface area (Å²) in [5, 5.41) is 0. The lowest BCUT2D eigenvalue weighted by Crippen LogP contribution is -2.11. The van der Waals surface area contributed by atoms with Crippen LogP contribution in [0, 0.1) is 0 Å². The normalized spacial score (nSPS) is 15.9. The molecule has 0 aromatic heterocycles. The smallest absolute Gasteiger partial charge is 0.419 e. The van der Waals surface area contributed by atoms with Crippen molar-refractivity contribution in [1.82, 2.24) is 0 Å². The van der Waals surface area contributed by atoms with Crippen LogP contribution in [0.5, 0.6) is 11.5 Å². The molecule has 5 heteroatoms. The lowest BCUT2D eigenvalue weighted by atomic mass is 10.2. The number of halogens is 3. The SMILES string of the molecule is CC(C)Oc1ccc(C(F)(F)F)c(OC2CC2)c1. The Kier molecular flexibility index (Phi) is 3.41. The fourth-order valence-corrected chi connectivity index (χ4v) is 1.55. The molecular weight excluding hydrogens is 245 g/mol. The number of ether oxygens (including phenoxy) is 2. The van der Waals surface area contributed by atoms with E-state index in [1.165, 1.54) is 12.1 Å². The number of hydrogen-bond acceptors (Lipinski definition) is 2. The summed E-state index contributed by atoms with van der Waals surface area (Å²) in [5.41, 5.74) is -0.745. The molecule has 0 spiro atoms. The van der Waals surface area contributed by atoms with E-state index in [1.54, 1.807) is 0 Å². The third-order valence-electron chi connectivity index (χ3n) is 2.45. The van der Waals surface area contributed by atoms with Gasteiger partial charge in [0.15, 0.2) is 0 Å². The highest BCUT2D eigenvalue weighted by molar-refractivity contribution is 5.42. The second-order valence-corrected chi connectivity index (χ2v) is 4.64. The molecule has 1 aliphatic carbocycles. The molecule has 0 unspecified atom stereocenters. The second-order valence-electron chi connectivity index (χ2n) is 4.64. The Balaban J connectivity index is 2.28. The monoisotopic (exact) mass is 260 g/mol. The van der Waals surface area contributed by atoms with Crippen LogP contribution >= 0.6 is 0 Å². The molecule has 0 aliphatic heterocycles. The van der Waals surface area contributed by atoms with Gasteiger partial charge in [-0.3, -0.25) is 0 Å². The summed E-state index contributed by atoms with van der Waals surface area (Å²) in [4.78, 5) is 0. The minimum absolute atomic E-state index is 0.0830. The van der Waals surface area contributed by atoms with E-state index in [2.05, 4.69) is 0 Å². The zero-order valence-corrected chi connectivity index (χ0v) is 10.3. The Labute approximate surface area is 104 Å². The minimum atomic E-state index is -4.40. The maximum atomic E-state index is 12.8. The third kappa shape index (κ3) is 3.31. The summed E-state index contributed by atoms with van der Waals surface area (Å²) in [6, 6.07) is 3.65. The second kappa shape index (κ2) is 4.71. The van der Waals surface area contributed by atoms with Crippen molar-refractivity contribution in [2.45, 2.75) is 45.1 Å². The third-order valence-corrected chi connectivity index (χ3v) is 2.45. The van der Waals surface area contributed by atoms with Gasteiger partial charge < -0.3 is 9.47 Å². The van der Waals surface area contributed by atoms with Gasteiger partial charge in [-0.05, 0) is 38.8 Å². The van der Waals surface area contributed by atoms with Crippen molar-refractivity contribution in [1.29, 1.82) is 0 Å². The minimum Gasteiger partial charge on any atom is -0.491 e. The molecule has 2 nitrogen and oxygen atoms in total.